The number of pyridine rings is 1. The molecule has 0 saturated heterocycles. The zero-order valence-electron chi connectivity index (χ0n) is 7.07. The first-order valence-electron chi connectivity index (χ1n) is 3.72. The topological polar surface area (TPSA) is 56.7 Å². The summed E-state index contributed by atoms with van der Waals surface area (Å²) in [7, 11) is 1.95. The largest absolute Gasteiger partial charge is 0.383 e. The molecule has 12 heavy (non-hydrogen) atoms. The van der Waals surface area contributed by atoms with Gasteiger partial charge in [-0.25, -0.2) is 9.97 Å². The summed E-state index contributed by atoms with van der Waals surface area (Å²) in [6.07, 6.45) is 3.45. The Kier molecular flexibility index (Phi) is 1.30. The molecule has 0 aliphatic heterocycles. The van der Waals surface area contributed by atoms with Crippen molar-refractivity contribution in [3.8, 4) is 0 Å². The van der Waals surface area contributed by atoms with Gasteiger partial charge in [-0.1, -0.05) is 0 Å². The number of aryl methyl sites for hydroxylation is 2. The van der Waals surface area contributed by atoms with Crippen molar-refractivity contribution in [2.75, 3.05) is 5.73 Å². The van der Waals surface area contributed by atoms with E-state index in [0.717, 1.165) is 16.6 Å². The van der Waals surface area contributed by atoms with Crippen molar-refractivity contribution >= 4 is 16.9 Å². The van der Waals surface area contributed by atoms with Gasteiger partial charge >= 0.3 is 0 Å². The van der Waals surface area contributed by atoms with Crippen LogP contribution in [0.4, 0.5) is 5.82 Å². The molecule has 0 spiro atoms. The van der Waals surface area contributed by atoms with E-state index in [2.05, 4.69) is 9.97 Å². The van der Waals surface area contributed by atoms with E-state index in [1.807, 2.05) is 18.5 Å². The highest BCUT2D eigenvalue weighted by Crippen LogP contribution is 2.18. The molecule has 0 saturated carbocycles. The molecule has 0 unspecified atom stereocenters. The van der Waals surface area contributed by atoms with E-state index >= 15 is 0 Å². The fourth-order valence-electron chi connectivity index (χ4n) is 1.35. The van der Waals surface area contributed by atoms with Gasteiger partial charge in [0.2, 0.25) is 0 Å². The maximum Gasteiger partial charge on any atom is 0.128 e. The van der Waals surface area contributed by atoms with Crippen LogP contribution in [0, 0.1) is 6.92 Å². The highest BCUT2D eigenvalue weighted by atomic mass is 15.0. The Labute approximate surface area is 70.0 Å². The second-order valence-electron chi connectivity index (χ2n) is 2.86. The molecule has 0 aromatic carbocycles. The van der Waals surface area contributed by atoms with Crippen LogP contribution in [-0.2, 0) is 7.05 Å². The van der Waals surface area contributed by atoms with Crippen LogP contribution in [0.2, 0.25) is 0 Å². The van der Waals surface area contributed by atoms with Crippen molar-refractivity contribution < 1.29 is 0 Å². The molecule has 2 aromatic rings. The predicted octanol–water partition coefficient (Wildman–Crippen LogP) is 0.859. The lowest BCUT2D eigenvalue weighted by Gasteiger charge is -2.01. The molecular weight excluding hydrogens is 152 g/mol. The van der Waals surface area contributed by atoms with Crippen LogP contribution in [0.25, 0.3) is 11.0 Å². The van der Waals surface area contributed by atoms with E-state index in [9.17, 15) is 0 Å². The lowest BCUT2D eigenvalue weighted by Crippen LogP contribution is -1.96. The molecule has 0 aliphatic carbocycles. The lowest BCUT2D eigenvalue weighted by atomic mass is 10.2. The van der Waals surface area contributed by atoms with Crippen LogP contribution >= 0.6 is 0 Å². The number of nitrogens with two attached hydrogens (primary N) is 1. The number of nitrogens with zero attached hydrogens (tertiary/aromatic N) is 3. The van der Waals surface area contributed by atoms with Crippen LogP contribution in [0.5, 0.6) is 0 Å². The minimum Gasteiger partial charge on any atom is -0.383 e. The maximum absolute atomic E-state index is 5.66. The third-order valence-corrected chi connectivity index (χ3v) is 2.03. The van der Waals surface area contributed by atoms with Gasteiger partial charge in [-0.05, 0) is 6.92 Å². The molecule has 0 bridgehead atoms. The Bertz CT molecular complexity index is 430. The Morgan fingerprint density at radius 3 is 2.92 bits per heavy atom. The Balaban J connectivity index is 2.96. The van der Waals surface area contributed by atoms with Gasteiger partial charge in [0.1, 0.15) is 11.3 Å². The van der Waals surface area contributed by atoms with Crippen molar-refractivity contribution in [1.29, 1.82) is 0 Å². The monoisotopic (exact) mass is 162 g/mol. The van der Waals surface area contributed by atoms with Crippen molar-refractivity contribution in [2.45, 2.75) is 6.92 Å². The number of aromatic nitrogens is 3. The second-order valence-corrected chi connectivity index (χ2v) is 2.86. The zero-order valence-corrected chi connectivity index (χ0v) is 7.07. The van der Waals surface area contributed by atoms with Crippen LogP contribution in [0.15, 0.2) is 12.5 Å². The van der Waals surface area contributed by atoms with E-state index in [-0.39, 0.29) is 0 Å². The van der Waals surface area contributed by atoms with Gasteiger partial charge in [-0.3, -0.25) is 0 Å². The van der Waals surface area contributed by atoms with Gasteiger partial charge in [-0.2, -0.15) is 0 Å². The predicted molar refractivity (Wildman–Crippen MR) is 47.7 cm³/mol. The van der Waals surface area contributed by atoms with Crippen molar-refractivity contribution in [3.63, 3.8) is 0 Å². The number of rotatable bonds is 0. The molecule has 62 valence electrons. The van der Waals surface area contributed by atoms with E-state index in [1.54, 1.807) is 12.5 Å². The molecule has 2 rings (SSSR count). The van der Waals surface area contributed by atoms with Gasteiger partial charge in [-0.15, -0.1) is 0 Å². The molecule has 0 aliphatic rings. The first-order valence-corrected chi connectivity index (χ1v) is 3.72. The standard InChI is InChI=1S/C8H10N4/c1-5-7-6(3-10-8(5)9)11-4-12(7)2/h3-4H,1-2H3,(H2,9,10). The number of anilines is 1. The summed E-state index contributed by atoms with van der Waals surface area (Å²) < 4.78 is 1.95. The average Bonchev–Trinajstić information content (AvgIpc) is 2.41. The SMILES string of the molecule is Cc1c(N)ncc2ncn(C)c12. The summed E-state index contributed by atoms with van der Waals surface area (Å²) in [5.74, 6) is 0.575. The highest BCUT2D eigenvalue weighted by molar-refractivity contribution is 5.81. The third kappa shape index (κ3) is 0.777. The van der Waals surface area contributed by atoms with Crippen molar-refractivity contribution in [3.05, 3.63) is 18.1 Å². The number of nitrogen functional groups attached to an aromatic ring is 1. The van der Waals surface area contributed by atoms with Gasteiger partial charge in [0, 0.05) is 12.6 Å². The summed E-state index contributed by atoms with van der Waals surface area (Å²) in [5.41, 5.74) is 8.61. The molecule has 2 heterocycles. The average molecular weight is 162 g/mol. The van der Waals surface area contributed by atoms with Gasteiger partial charge < -0.3 is 10.3 Å². The highest BCUT2D eigenvalue weighted by Gasteiger charge is 2.05. The van der Waals surface area contributed by atoms with Crippen LogP contribution < -0.4 is 5.73 Å². The normalized spacial score (nSPS) is 10.8. The summed E-state index contributed by atoms with van der Waals surface area (Å²) in [5, 5.41) is 0. The summed E-state index contributed by atoms with van der Waals surface area (Å²) in [6.45, 7) is 1.95. The van der Waals surface area contributed by atoms with Crippen LogP contribution in [-0.4, -0.2) is 14.5 Å². The summed E-state index contributed by atoms with van der Waals surface area (Å²) in [6, 6.07) is 0. The number of fused-ring (bicyclic) bond motifs is 1. The van der Waals surface area contributed by atoms with Gasteiger partial charge in [0.15, 0.2) is 0 Å². The van der Waals surface area contributed by atoms with E-state index in [4.69, 9.17) is 5.73 Å². The molecule has 4 nitrogen and oxygen atoms in total. The van der Waals surface area contributed by atoms with Crippen molar-refractivity contribution in [1.82, 2.24) is 14.5 Å². The van der Waals surface area contributed by atoms with Crippen LogP contribution in [0.1, 0.15) is 5.56 Å². The quantitative estimate of drug-likeness (QED) is 0.625. The van der Waals surface area contributed by atoms with E-state index in [0.29, 0.717) is 5.82 Å². The number of hydrogen-bond acceptors (Lipinski definition) is 3. The smallest absolute Gasteiger partial charge is 0.128 e. The van der Waals surface area contributed by atoms with E-state index < -0.39 is 0 Å². The number of imidazole rings is 1. The maximum atomic E-state index is 5.66. The summed E-state index contributed by atoms with van der Waals surface area (Å²) in [4.78, 5) is 8.19. The first-order chi connectivity index (χ1) is 5.70. The molecule has 4 heteroatoms. The summed E-state index contributed by atoms with van der Waals surface area (Å²) >= 11 is 0. The molecule has 2 N–H and O–H groups in total. The molecule has 0 amide bonds. The minimum atomic E-state index is 0.575. The molecule has 0 radical (unpaired) electrons. The Morgan fingerprint density at radius 2 is 2.17 bits per heavy atom. The van der Waals surface area contributed by atoms with Gasteiger partial charge in [0.05, 0.1) is 18.0 Å². The molecule has 0 atom stereocenters. The van der Waals surface area contributed by atoms with Gasteiger partial charge in [0.25, 0.3) is 0 Å². The zero-order chi connectivity index (χ0) is 8.72. The second kappa shape index (κ2) is 2.20. The van der Waals surface area contributed by atoms with E-state index in [1.165, 1.54) is 0 Å². The first kappa shape index (κ1) is 7.09. The molecular formula is C8H10N4. The van der Waals surface area contributed by atoms with Crippen LogP contribution in [0.3, 0.4) is 0 Å². The Morgan fingerprint density at radius 1 is 1.42 bits per heavy atom. The Hall–Kier alpha value is -1.58. The molecule has 0 fully saturated rings. The molecule has 2 aromatic heterocycles. The third-order valence-electron chi connectivity index (χ3n) is 2.03. The number of hydrogen-bond donors (Lipinski definition) is 1. The minimum absolute atomic E-state index is 0.575. The van der Waals surface area contributed by atoms with Crippen molar-refractivity contribution in [2.24, 2.45) is 7.05 Å². The lowest BCUT2D eigenvalue weighted by molar-refractivity contribution is 0.943. The fourth-order valence-corrected chi connectivity index (χ4v) is 1.35. The fraction of sp³-hybridized carbons (Fsp3) is 0.250.